The Labute approximate surface area is 225 Å². The van der Waals surface area contributed by atoms with Gasteiger partial charge >= 0.3 is 0 Å². The van der Waals surface area contributed by atoms with Crippen LogP contribution in [0, 0.1) is 0 Å². The average molecular weight is 564 g/mol. The zero-order chi connectivity index (χ0) is 28.8. The molecular formula is C26H28O14. The van der Waals surface area contributed by atoms with E-state index in [9.17, 15) is 40.5 Å². The topological polar surface area (TPSA) is 218 Å². The van der Waals surface area contributed by atoms with E-state index in [1.54, 1.807) is 6.07 Å². The lowest BCUT2D eigenvalue weighted by Crippen LogP contribution is -2.52. The summed E-state index contributed by atoms with van der Waals surface area (Å²) < 4.78 is 33.1. The number of fused-ring (bicyclic) bond motifs is 1. The maximum Gasteiger partial charge on any atom is 0.229 e. The third-order valence-electron chi connectivity index (χ3n) is 6.83. The van der Waals surface area contributed by atoms with Gasteiger partial charge in [-0.25, -0.2) is 0 Å². The highest BCUT2D eigenvalue weighted by atomic mass is 16.8. The molecule has 3 aromatic rings. The van der Waals surface area contributed by atoms with E-state index in [1.165, 1.54) is 25.3 Å². The fourth-order valence-corrected chi connectivity index (χ4v) is 4.62. The minimum Gasteiger partial charge on any atom is -0.507 e. The Morgan fingerprint density at radius 1 is 1.02 bits per heavy atom. The first kappa shape index (κ1) is 28.1. The molecule has 0 aliphatic carbocycles. The van der Waals surface area contributed by atoms with Crippen LogP contribution in [0.3, 0.4) is 0 Å². The van der Waals surface area contributed by atoms with Crippen molar-refractivity contribution in [2.45, 2.75) is 42.6 Å². The van der Waals surface area contributed by atoms with Crippen LogP contribution in [0.15, 0.2) is 45.6 Å². The first-order chi connectivity index (χ1) is 19.1. The maximum absolute atomic E-state index is 12.8. The number of rotatable bonds is 8. The van der Waals surface area contributed by atoms with Crippen LogP contribution in [0.5, 0.6) is 23.0 Å². The van der Waals surface area contributed by atoms with Crippen molar-refractivity contribution in [2.24, 2.45) is 0 Å². The van der Waals surface area contributed by atoms with Crippen molar-refractivity contribution in [1.29, 1.82) is 0 Å². The molecule has 7 atom stereocenters. The Morgan fingerprint density at radius 2 is 1.80 bits per heavy atom. The van der Waals surface area contributed by atoms with E-state index >= 15 is 0 Å². The number of ether oxygens (including phenoxy) is 5. The smallest absolute Gasteiger partial charge is 0.229 e. The number of phenols is 2. The molecule has 216 valence electrons. The summed E-state index contributed by atoms with van der Waals surface area (Å²) in [4.78, 5) is 12.8. The normalized spacial score (nSPS) is 30.1. The summed E-state index contributed by atoms with van der Waals surface area (Å²) in [6, 6.07) is 7.93. The molecular weight excluding hydrogens is 536 g/mol. The molecule has 7 N–H and O–H groups in total. The molecule has 0 amide bonds. The Balaban J connectivity index is 1.45. The number of hydrogen-bond acceptors (Lipinski definition) is 14. The zero-order valence-electron chi connectivity index (χ0n) is 21.0. The Bertz CT molecular complexity index is 1440. The summed E-state index contributed by atoms with van der Waals surface area (Å²) >= 11 is 0. The second-order valence-corrected chi connectivity index (χ2v) is 9.50. The summed E-state index contributed by atoms with van der Waals surface area (Å²) in [6.07, 6.45) is -8.61. The predicted octanol–water partition coefficient (Wildman–Crippen LogP) is -0.838. The fraction of sp³-hybridized carbons (Fsp3) is 0.423. The van der Waals surface area contributed by atoms with E-state index in [2.05, 4.69) is 0 Å². The lowest BCUT2D eigenvalue weighted by atomic mass is 10.0. The molecule has 0 bridgehead atoms. The van der Waals surface area contributed by atoms with Crippen molar-refractivity contribution in [3.05, 3.63) is 46.6 Å². The monoisotopic (exact) mass is 564 g/mol. The van der Waals surface area contributed by atoms with Crippen LogP contribution in [0.1, 0.15) is 0 Å². The van der Waals surface area contributed by atoms with Crippen molar-refractivity contribution < 1.29 is 63.8 Å². The molecule has 2 saturated heterocycles. The molecule has 5 rings (SSSR count). The van der Waals surface area contributed by atoms with E-state index in [1.807, 2.05) is 0 Å². The summed E-state index contributed by atoms with van der Waals surface area (Å²) in [5.41, 5.74) is -2.32. The molecule has 14 heteroatoms. The number of benzene rings is 2. The Morgan fingerprint density at radius 3 is 2.45 bits per heavy atom. The third-order valence-corrected chi connectivity index (χ3v) is 6.83. The molecule has 1 aromatic heterocycles. The van der Waals surface area contributed by atoms with Crippen molar-refractivity contribution in [1.82, 2.24) is 0 Å². The van der Waals surface area contributed by atoms with E-state index in [0.29, 0.717) is 5.56 Å². The molecule has 7 unspecified atom stereocenters. The number of phenolic OH excluding ortho intramolecular Hbond substituents is 2. The van der Waals surface area contributed by atoms with Gasteiger partial charge in [0.25, 0.3) is 0 Å². The predicted molar refractivity (Wildman–Crippen MR) is 133 cm³/mol. The first-order valence-electron chi connectivity index (χ1n) is 12.2. The minimum absolute atomic E-state index is 0.0735. The third kappa shape index (κ3) is 4.95. The van der Waals surface area contributed by atoms with Crippen molar-refractivity contribution >= 4 is 11.0 Å². The van der Waals surface area contributed by atoms with Crippen LogP contribution in [0.4, 0.5) is 0 Å². The number of aromatic hydroxyl groups is 2. The zero-order valence-corrected chi connectivity index (χ0v) is 21.0. The van der Waals surface area contributed by atoms with E-state index in [-0.39, 0.29) is 34.0 Å². The maximum atomic E-state index is 12.8. The highest BCUT2D eigenvalue weighted by Gasteiger charge is 2.55. The lowest BCUT2D eigenvalue weighted by Gasteiger charge is -2.31. The van der Waals surface area contributed by atoms with Gasteiger partial charge in [-0.3, -0.25) is 4.79 Å². The quantitative estimate of drug-likeness (QED) is 0.178. The average Bonchev–Trinajstić information content (AvgIpc) is 3.39. The lowest BCUT2D eigenvalue weighted by molar-refractivity contribution is -0.247. The summed E-state index contributed by atoms with van der Waals surface area (Å²) in [5, 5.41) is 70.8. The highest BCUT2D eigenvalue weighted by Crippen LogP contribution is 2.37. The molecule has 0 radical (unpaired) electrons. The van der Waals surface area contributed by atoms with Gasteiger partial charge < -0.3 is 63.8 Å². The summed E-state index contributed by atoms with van der Waals surface area (Å²) in [5.74, 6) is -0.457. The van der Waals surface area contributed by atoms with Crippen LogP contribution in [0.2, 0.25) is 0 Å². The van der Waals surface area contributed by atoms with Crippen molar-refractivity contribution in [2.75, 3.05) is 26.9 Å². The molecule has 0 spiro atoms. The molecule has 2 fully saturated rings. The van der Waals surface area contributed by atoms with Gasteiger partial charge in [-0.1, -0.05) is 0 Å². The van der Waals surface area contributed by atoms with Gasteiger partial charge in [0.1, 0.15) is 52.1 Å². The molecule has 2 aliphatic rings. The van der Waals surface area contributed by atoms with Crippen molar-refractivity contribution in [3.63, 3.8) is 0 Å². The van der Waals surface area contributed by atoms with Crippen LogP contribution < -0.4 is 14.9 Å². The number of methoxy groups -OCH3 is 1. The van der Waals surface area contributed by atoms with Crippen LogP contribution in [-0.4, -0.2) is 105 Å². The summed E-state index contributed by atoms with van der Waals surface area (Å²) in [6.45, 7) is -1.89. The second kappa shape index (κ2) is 10.8. The SMILES string of the molecule is COc1ccc(-c2cc(=O)c3c(O)cc(OC4OCC(O)(CO)C4OC4OC(CO)C(O)C4O)cc3o2)cc1O. The number of aliphatic hydroxyl groups is 5. The standard InChI is InChI=1S/C26H28O14/c1-35-16-3-2-11(4-13(16)29)17-7-15(31)20-14(30)5-12(6-18(20)38-17)37-25-23(26(34,9-28)10-36-25)40-24-22(33)21(32)19(8-27)39-24/h2-7,19,21-25,27-30,32-34H,8-10H2,1H3. The summed E-state index contributed by atoms with van der Waals surface area (Å²) in [7, 11) is 1.39. The molecule has 0 saturated carbocycles. The van der Waals surface area contributed by atoms with Crippen molar-refractivity contribution in [3.8, 4) is 34.3 Å². The van der Waals surface area contributed by atoms with Gasteiger partial charge in [0.2, 0.25) is 6.29 Å². The highest BCUT2D eigenvalue weighted by molar-refractivity contribution is 5.86. The van der Waals surface area contributed by atoms with E-state index in [4.69, 9.17) is 28.1 Å². The largest absolute Gasteiger partial charge is 0.507 e. The minimum atomic E-state index is -2.01. The first-order valence-corrected chi connectivity index (χ1v) is 12.2. The molecule has 14 nitrogen and oxygen atoms in total. The van der Waals surface area contributed by atoms with Crippen LogP contribution in [0.25, 0.3) is 22.3 Å². The van der Waals surface area contributed by atoms with Gasteiger partial charge in [-0.2, -0.15) is 0 Å². The van der Waals surface area contributed by atoms with E-state index in [0.717, 1.165) is 12.1 Å². The van der Waals surface area contributed by atoms with Gasteiger partial charge in [0, 0.05) is 23.8 Å². The molecule has 2 aliphatic heterocycles. The van der Waals surface area contributed by atoms with Gasteiger partial charge in [0.05, 0.1) is 26.9 Å². The Kier molecular flexibility index (Phi) is 7.60. The number of hydrogen-bond donors (Lipinski definition) is 7. The molecule has 2 aromatic carbocycles. The second-order valence-electron chi connectivity index (χ2n) is 9.50. The molecule has 40 heavy (non-hydrogen) atoms. The van der Waals surface area contributed by atoms with Crippen LogP contribution in [-0.2, 0) is 14.2 Å². The Hall–Kier alpha value is -3.47. The van der Waals surface area contributed by atoms with Gasteiger partial charge in [0.15, 0.2) is 29.3 Å². The fourth-order valence-electron chi connectivity index (χ4n) is 4.62. The van der Waals surface area contributed by atoms with E-state index < -0.39 is 73.6 Å². The van der Waals surface area contributed by atoms with Gasteiger partial charge in [-0.05, 0) is 18.2 Å². The molecule has 3 heterocycles. The van der Waals surface area contributed by atoms with Crippen LogP contribution >= 0.6 is 0 Å². The van der Waals surface area contributed by atoms with Gasteiger partial charge in [-0.15, -0.1) is 0 Å². The number of aliphatic hydroxyl groups excluding tert-OH is 4.